The Bertz CT molecular complexity index is 542. The summed E-state index contributed by atoms with van der Waals surface area (Å²) in [4.78, 5) is 34.5. The van der Waals surface area contributed by atoms with Gasteiger partial charge in [-0.15, -0.1) is 0 Å². The van der Waals surface area contributed by atoms with Crippen LogP contribution in [-0.2, 0) is 9.59 Å². The zero-order chi connectivity index (χ0) is 17.2. The van der Waals surface area contributed by atoms with Crippen LogP contribution in [0.4, 0.5) is 0 Å². The highest BCUT2D eigenvalue weighted by molar-refractivity contribution is 5.95. The zero-order valence-electron chi connectivity index (χ0n) is 13.3. The molecule has 1 atom stereocenters. The maximum absolute atomic E-state index is 11.8. The first-order chi connectivity index (χ1) is 11.0. The van der Waals surface area contributed by atoms with Gasteiger partial charge < -0.3 is 9.84 Å². The number of carbonyl (C=O) groups is 3. The van der Waals surface area contributed by atoms with Crippen molar-refractivity contribution in [2.24, 2.45) is 5.92 Å². The molecule has 7 nitrogen and oxygen atoms in total. The van der Waals surface area contributed by atoms with E-state index >= 15 is 0 Å². The van der Waals surface area contributed by atoms with Crippen molar-refractivity contribution in [2.45, 2.75) is 32.6 Å². The fraction of sp³-hybridized carbons (Fsp3) is 0.438. The molecule has 0 aliphatic heterocycles. The van der Waals surface area contributed by atoms with Gasteiger partial charge in [-0.3, -0.25) is 25.2 Å². The van der Waals surface area contributed by atoms with Crippen molar-refractivity contribution < 1.29 is 24.2 Å². The molecular weight excluding hydrogens is 300 g/mol. The number of aliphatic carboxylic acids is 1. The number of amides is 2. The van der Waals surface area contributed by atoms with Crippen LogP contribution in [0.3, 0.4) is 0 Å². The lowest BCUT2D eigenvalue weighted by Crippen LogP contribution is -2.41. The summed E-state index contributed by atoms with van der Waals surface area (Å²) in [5.41, 5.74) is 4.95. The molecule has 126 valence electrons. The van der Waals surface area contributed by atoms with Gasteiger partial charge in [0.05, 0.1) is 13.0 Å². The Balaban J connectivity index is 2.39. The SMILES string of the molecule is CCC[C@H](CCC(=O)NNC(=O)c1ccc(OC)cc1)C(=O)O. The summed E-state index contributed by atoms with van der Waals surface area (Å²) < 4.78 is 4.99. The van der Waals surface area contributed by atoms with E-state index in [0.29, 0.717) is 17.7 Å². The number of methoxy groups -OCH3 is 1. The average molecular weight is 322 g/mol. The summed E-state index contributed by atoms with van der Waals surface area (Å²) in [5, 5.41) is 9.02. The lowest BCUT2D eigenvalue weighted by atomic mass is 9.98. The molecule has 1 aromatic carbocycles. The number of ether oxygens (including phenoxy) is 1. The first kappa shape index (κ1) is 18.5. The van der Waals surface area contributed by atoms with Crippen molar-refractivity contribution in [3.63, 3.8) is 0 Å². The molecule has 0 saturated carbocycles. The Labute approximate surface area is 135 Å². The van der Waals surface area contributed by atoms with Crippen LogP contribution < -0.4 is 15.6 Å². The van der Waals surface area contributed by atoms with Crippen LogP contribution in [0.25, 0.3) is 0 Å². The van der Waals surface area contributed by atoms with Crippen LogP contribution in [0.15, 0.2) is 24.3 Å². The van der Waals surface area contributed by atoms with E-state index in [0.717, 1.165) is 6.42 Å². The van der Waals surface area contributed by atoms with Gasteiger partial charge in [0.2, 0.25) is 5.91 Å². The van der Waals surface area contributed by atoms with Crippen LogP contribution in [0.2, 0.25) is 0 Å². The maximum atomic E-state index is 11.8. The molecule has 1 rings (SSSR count). The minimum Gasteiger partial charge on any atom is -0.497 e. The van der Waals surface area contributed by atoms with Gasteiger partial charge in [0, 0.05) is 12.0 Å². The van der Waals surface area contributed by atoms with Crippen molar-refractivity contribution in [3.8, 4) is 5.75 Å². The smallest absolute Gasteiger partial charge is 0.306 e. The molecule has 23 heavy (non-hydrogen) atoms. The standard InChI is InChI=1S/C16H22N2O5/c1-3-4-12(16(21)22)7-10-14(19)17-18-15(20)11-5-8-13(23-2)9-6-11/h5-6,8-9,12H,3-4,7,10H2,1-2H3,(H,17,19)(H,18,20)(H,21,22)/t12-/m1/s1. The number of hydrogen-bond acceptors (Lipinski definition) is 4. The molecule has 7 heteroatoms. The Morgan fingerprint density at radius 3 is 2.30 bits per heavy atom. The summed E-state index contributed by atoms with van der Waals surface area (Å²) >= 11 is 0. The van der Waals surface area contributed by atoms with Crippen molar-refractivity contribution in [1.82, 2.24) is 10.9 Å². The minimum atomic E-state index is -0.901. The number of nitrogens with one attached hydrogen (secondary N) is 2. The number of carbonyl (C=O) groups excluding carboxylic acids is 2. The third kappa shape index (κ3) is 6.37. The highest BCUT2D eigenvalue weighted by atomic mass is 16.5. The van der Waals surface area contributed by atoms with Crippen LogP contribution in [0.5, 0.6) is 5.75 Å². The predicted molar refractivity (Wildman–Crippen MR) is 83.9 cm³/mol. The first-order valence-corrected chi connectivity index (χ1v) is 7.44. The van der Waals surface area contributed by atoms with Crippen LogP contribution >= 0.6 is 0 Å². The number of hydrogen-bond donors (Lipinski definition) is 3. The number of rotatable bonds is 8. The normalized spacial score (nSPS) is 11.4. The van der Waals surface area contributed by atoms with E-state index in [1.165, 1.54) is 7.11 Å². The second-order valence-corrected chi connectivity index (χ2v) is 5.09. The Morgan fingerprint density at radius 1 is 1.13 bits per heavy atom. The van der Waals surface area contributed by atoms with Gasteiger partial charge in [0.15, 0.2) is 0 Å². The molecule has 1 aromatic rings. The number of benzene rings is 1. The van der Waals surface area contributed by atoms with Crippen LogP contribution in [-0.4, -0.2) is 30.0 Å². The molecule has 0 fully saturated rings. The minimum absolute atomic E-state index is 0.0415. The topological polar surface area (TPSA) is 105 Å². The van der Waals surface area contributed by atoms with E-state index in [9.17, 15) is 14.4 Å². The number of hydrazine groups is 1. The Kier molecular flexibility index (Phi) is 7.59. The summed E-state index contributed by atoms with van der Waals surface area (Å²) in [5.74, 6) is -1.69. The Morgan fingerprint density at radius 2 is 1.78 bits per heavy atom. The largest absolute Gasteiger partial charge is 0.497 e. The molecule has 0 aromatic heterocycles. The first-order valence-electron chi connectivity index (χ1n) is 7.44. The second kappa shape index (κ2) is 9.45. The van der Waals surface area contributed by atoms with Gasteiger partial charge in [-0.1, -0.05) is 13.3 Å². The average Bonchev–Trinajstić information content (AvgIpc) is 2.56. The fourth-order valence-corrected chi connectivity index (χ4v) is 2.05. The molecule has 0 heterocycles. The lowest BCUT2D eigenvalue weighted by Gasteiger charge is -2.11. The van der Waals surface area contributed by atoms with Gasteiger partial charge in [0.25, 0.3) is 5.91 Å². The zero-order valence-corrected chi connectivity index (χ0v) is 13.3. The monoisotopic (exact) mass is 322 g/mol. The number of carboxylic acids is 1. The van der Waals surface area contributed by atoms with Gasteiger partial charge in [-0.05, 0) is 37.1 Å². The fourth-order valence-electron chi connectivity index (χ4n) is 2.05. The quantitative estimate of drug-likeness (QED) is 0.632. The van der Waals surface area contributed by atoms with Gasteiger partial charge >= 0.3 is 5.97 Å². The van der Waals surface area contributed by atoms with E-state index in [1.54, 1.807) is 24.3 Å². The molecule has 0 unspecified atom stereocenters. The van der Waals surface area contributed by atoms with E-state index in [2.05, 4.69) is 10.9 Å². The van der Waals surface area contributed by atoms with Gasteiger partial charge in [-0.2, -0.15) is 0 Å². The van der Waals surface area contributed by atoms with Crippen LogP contribution in [0.1, 0.15) is 43.0 Å². The summed E-state index contributed by atoms with van der Waals surface area (Å²) in [7, 11) is 1.53. The van der Waals surface area contributed by atoms with Crippen LogP contribution in [0, 0.1) is 5.92 Å². The number of carboxylic acid groups (broad SMARTS) is 1. The molecule has 2 amide bonds. The highest BCUT2D eigenvalue weighted by Gasteiger charge is 2.17. The van der Waals surface area contributed by atoms with Gasteiger partial charge in [-0.25, -0.2) is 0 Å². The van der Waals surface area contributed by atoms with Crippen molar-refractivity contribution in [3.05, 3.63) is 29.8 Å². The second-order valence-electron chi connectivity index (χ2n) is 5.09. The van der Waals surface area contributed by atoms with Gasteiger partial charge in [0.1, 0.15) is 5.75 Å². The van der Waals surface area contributed by atoms with Crippen molar-refractivity contribution in [1.29, 1.82) is 0 Å². The molecule has 0 saturated heterocycles. The summed E-state index contributed by atoms with van der Waals surface area (Å²) in [6.07, 6.45) is 1.56. The summed E-state index contributed by atoms with van der Waals surface area (Å²) in [6, 6.07) is 6.42. The third-order valence-electron chi connectivity index (χ3n) is 3.37. The predicted octanol–water partition coefficient (Wildman–Crippen LogP) is 1.74. The van der Waals surface area contributed by atoms with Crippen molar-refractivity contribution >= 4 is 17.8 Å². The molecule has 0 bridgehead atoms. The van der Waals surface area contributed by atoms with E-state index in [1.807, 2.05) is 6.92 Å². The van der Waals surface area contributed by atoms with E-state index in [-0.39, 0.29) is 12.8 Å². The van der Waals surface area contributed by atoms with Crippen molar-refractivity contribution in [2.75, 3.05) is 7.11 Å². The molecule has 0 aliphatic carbocycles. The molecule has 0 aliphatic rings. The molecule has 3 N–H and O–H groups in total. The summed E-state index contributed by atoms with van der Waals surface area (Å²) in [6.45, 7) is 1.89. The van der Waals surface area contributed by atoms with E-state index < -0.39 is 23.7 Å². The maximum Gasteiger partial charge on any atom is 0.306 e. The molecule has 0 radical (unpaired) electrons. The highest BCUT2D eigenvalue weighted by Crippen LogP contribution is 2.13. The van der Waals surface area contributed by atoms with E-state index in [4.69, 9.17) is 9.84 Å². The molecule has 0 spiro atoms. The third-order valence-corrected chi connectivity index (χ3v) is 3.37. The molecular formula is C16H22N2O5. The lowest BCUT2D eigenvalue weighted by molar-refractivity contribution is -0.142. The Hall–Kier alpha value is -2.57.